The third-order valence-electron chi connectivity index (χ3n) is 8.61. The maximum Gasteiger partial charge on any atom is 0.315 e. The Kier molecular flexibility index (Phi) is 11.6. The predicted octanol–water partition coefficient (Wildman–Crippen LogP) is 6.26. The topological polar surface area (TPSA) is 103 Å². The van der Waals surface area contributed by atoms with Gasteiger partial charge in [0.25, 0.3) is 0 Å². The van der Waals surface area contributed by atoms with Gasteiger partial charge in [-0.3, -0.25) is 4.90 Å². The van der Waals surface area contributed by atoms with Crippen LogP contribution in [0.15, 0.2) is 103 Å². The molecule has 8 nitrogen and oxygen atoms in total. The van der Waals surface area contributed by atoms with Gasteiger partial charge in [-0.1, -0.05) is 91.0 Å². The molecule has 5 rings (SSSR count). The van der Waals surface area contributed by atoms with Gasteiger partial charge in [-0.2, -0.15) is 0 Å². The van der Waals surface area contributed by atoms with Crippen molar-refractivity contribution in [3.05, 3.63) is 131 Å². The van der Waals surface area contributed by atoms with E-state index in [1.165, 1.54) is 0 Å². The fourth-order valence-corrected chi connectivity index (χ4v) is 5.82. The van der Waals surface area contributed by atoms with Crippen molar-refractivity contribution in [3.63, 3.8) is 0 Å². The van der Waals surface area contributed by atoms with Crippen LogP contribution in [-0.4, -0.2) is 53.4 Å². The highest BCUT2D eigenvalue weighted by Gasteiger charge is 2.34. The van der Waals surface area contributed by atoms with Crippen LogP contribution < -0.4 is 10.6 Å². The number of hydrogen-bond acceptors (Lipinski definition) is 6. The largest absolute Gasteiger partial charge is 0.392 e. The summed E-state index contributed by atoms with van der Waals surface area (Å²) in [5.41, 5.74) is 6.72. The quantitative estimate of drug-likeness (QED) is 0.149. The first-order valence-corrected chi connectivity index (χ1v) is 16.0. The molecule has 1 heterocycles. The zero-order chi connectivity index (χ0) is 32.5. The van der Waals surface area contributed by atoms with Crippen LogP contribution in [0.5, 0.6) is 0 Å². The van der Waals surface area contributed by atoms with Gasteiger partial charge in [0.2, 0.25) is 0 Å². The van der Waals surface area contributed by atoms with E-state index in [0.717, 1.165) is 38.9 Å². The smallest absolute Gasteiger partial charge is 0.315 e. The molecule has 8 heteroatoms. The molecule has 0 aromatic heterocycles. The Labute approximate surface area is 272 Å². The third-order valence-corrected chi connectivity index (χ3v) is 8.61. The Balaban J connectivity index is 1.36. The number of nitrogens with zero attached hydrogens (tertiary/aromatic N) is 1. The molecule has 2 amide bonds. The van der Waals surface area contributed by atoms with E-state index in [4.69, 9.17) is 9.47 Å². The fourth-order valence-electron chi connectivity index (χ4n) is 5.82. The number of hydrogen-bond donors (Lipinski definition) is 4. The number of benzene rings is 4. The van der Waals surface area contributed by atoms with E-state index in [1.807, 2.05) is 99.8 Å². The van der Waals surface area contributed by atoms with Crippen molar-refractivity contribution < 1.29 is 24.5 Å². The van der Waals surface area contributed by atoms with Crippen molar-refractivity contribution in [3.8, 4) is 11.1 Å². The molecule has 0 saturated carbocycles. The second-order valence-electron chi connectivity index (χ2n) is 11.9. The van der Waals surface area contributed by atoms with Gasteiger partial charge in [-0.05, 0) is 66.4 Å². The number of urea groups is 1. The van der Waals surface area contributed by atoms with Crippen molar-refractivity contribution in [1.29, 1.82) is 0 Å². The highest BCUT2D eigenvalue weighted by molar-refractivity contribution is 5.74. The Bertz CT molecular complexity index is 1550. The summed E-state index contributed by atoms with van der Waals surface area (Å²) in [6.45, 7) is 5.52. The van der Waals surface area contributed by atoms with Crippen molar-refractivity contribution in [2.75, 3.05) is 20.1 Å². The normalized spacial score (nSPS) is 19.4. The molecular weight excluding hydrogens is 578 g/mol. The minimum absolute atomic E-state index is 0.0113. The number of rotatable bonds is 12. The monoisotopic (exact) mass is 623 g/mol. The van der Waals surface area contributed by atoms with Crippen molar-refractivity contribution in [2.24, 2.45) is 0 Å². The highest BCUT2D eigenvalue weighted by atomic mass is 16.7. The molecule has 0 aliphatic carbocycles. The predicted molar refractivity (Wildman–Crippen MR) is 180 cm³/mol. The van der Waals surface area contributed by atoms with E-state index in [-0.39, 0.29) is 30.9 Å². The van der Waals surface area contributed by atoms with Crippen molar-refractivity contribution in [2.45, 2.75) is 64.1 Å². The SMILES string of the molecule is CCNC(=O)NCc1cccc(-c2cccc([C@@H]3O[C@H](CN(C)[C@H](C)[C@@H](O)c4ccccc4)C[C@H](c4ccc(CO)cc4)O3)c2)c1. The number of likely N-dealkylation sites (N-methyl/N-ethyl adjacent to an activating group) is 1. The van der Waals surface area contributed by atoms with Gasteiger partial charge in [-0.15, -0.1) is 0 Å². The lowest BCUT2D eigenvalue weighted by Crippen LogP contribution is -2.43. The van der Waals surface area contributed by atoms with Crippen molar-refractivity contribution >= 4 is 6.03 Å². The summed E-state index contributed by atoms with van der Waals surface area (Å²) in [6, 6.07) is 33.6. The van der Waals surface area contributed by atoms with Crippen LogP contribution in [0.3, 0.4) is 0 Å². The lowest BCUT2D eigenvalue weighted by molar-refractivity contribution is -0.253. The van der Waals surface area contributed by atoms with Gasteiger partial charge in [0.05, 0.1) is 24.9 Å². The molecule has 1 saturated heterocycles. The van der Waals surface area contributed by atoms with E-state index in [2.05, 4.69) is 39.8 Å². The molecule has 1 fully saturated rings. The van der Waals surface area contributed by atoms with Crippen LogP contribution in [0.1, 0.15) is 66.6 Å². The van der Waals surface area contributed by atoms with Gasteiger partial charge in [0.15, 0.2) is 6.29 Å². The van der Waals surface area contributed by atoms with Gasteiger partial charge in [0, 0.05) is 37.7 Å². The van der Waals surface area contributed by atoms with E-state index >= 15 is 0 Å². The van der Waals surface area contributed by atoms with E-state index in [1.54, 1.807) is 0 Å². The van der Waals surface area contributed by atoms with Gasteiger partial charge in [-0.25, -0.2) is 4.79 Å². The molecule has 4 aromatic rings. The Morgan fingerprint density at radius 3 is 2.30 bits per heavy atom. The third kappa shape index (κ3) is 8.60. The second kappa shape index (κ2) is 16.0. The molecule has 0 spiro atoms. The minimum Gasteiger partial charge on any atom is -0.392 e. The van der Waals surface area contributed by atoms with Crippen LogP contribution in [0.25, 0.3) is 11.1 Å². The summed E-state index contributed by atoms with van der Waals surface area (Å²) >= 11 is 0. The number of aliphatic hydroxyl groups excluding tert-OH is 2. The van der Waals surface area contributed by atoms with Crippen LogP contribution >= 0.6 is 0 Å². The molecule has 4 N–H and O–H groups in total. The summed E-state index contributed by atoms with van der Waals surface area (Å²) in [6.07, 6.45) is -0.970. The molecule has 0 unspecified atom stereocenters. The first-order chi connectivity index (χ1) is 22.3. The number of amides is 2. The standard InChI is InChI=1S/C38H45N3O5/c1-4-39-38(44)40-23-28-10-8-13-31(20-28)32-14-9-15-33(21-32)37-45-34(22-35(46-37)29-18-16-27(25-42)17-19-29)24-41(3)26(2)36(43)30-11-6-5-7-12-30/h5-21,26,34-37,42-43H,4,22-25H2,1-3H3,(H2,39,40,44)/t26-,34+,35-,36-,37-/m1/s1. The van der Waals surface area contributed by atoms with Gasteiger partial charge >= 0.3 is 6.03 Å². The van der Waals surface area contributed by atoms with E-state index in [9.17, 15) is 15.0 Å². The van der Waals surface area contributed by atoms with Crippen LogP contribution in [-0.2, 0) is 22.6 Å². The van der Waals surface area contributed by atoms with Crippen LogP contribution in [0.2, 0.25) is 0 Å². The zero-order valence-corrected chi connectivity index (χ0v) is 26.8. The first-order valence-electron chi connectivity index (χ1n) is 16.0. The summed E-state index contributed by atoms with van der Waals surface area (Å²) in [5.74, 6) is 0. The first kappa shape index (κ1) is 33.3. The number of nitrogens with one attached hydrogen (secondary N) is 2. The lowest BCUT2D eigenvalue weighted by atomic mass is 9.97. The minimum atomic E-state index is -0.632. The Morgan fingerprint density at radius 2 is 1.59 bits per heavy atom. The number of aliphatic hydroxyl groups is 2. The summed E-state index contributed by atoms with van der Waals surface area (Å²) in [7, 11) is 2.02. The summed E-state index contributed by atoms with van der Waals surface area (Å²) in [4.78, 5) is 14.1. The molecule has 4 aromatic carbocycles. The molecule has 0 bridgehead atoms. The Hall–Kier alpha value is -4.05. The van der Waals surface area contributed by atoms with Gasteiger partial charge in [0.1, 0.15) is 0 Å². The molecule has 46 heavy (non-hydrogen) atoms. The zero-order valence-electron chi connectivity index (χ0n) is 26.8. The number of carbonyl (C=O) groups is 1. The molecular formula is C38H45N3O5. The second-order valence-corrected chi connectivity index (χ2v) is 11.9. The molecule has 0 radical (unpaired) electrons. The highest BCUT2D eigenvalue weighted by Crippen LogP contribution is 2.39. The Morgan fingerprint density at radius 1 is 0.870 bits per heavy atom. The molecule has 5 atom stereocenters. The maximum atomic E-state index is 11.9. The summed E-state index contributed by atoms with van der Waals surface area (Å²) < 4.78 is 13.3. The number of carbonyl (C=O) groups excluding carboxylic acids is 1. The van der Waals surface area contributed by atoms with Crippen LogP contribution in [0, 0.1) is 0 Å². The molecule has 1 aliphatic heterocycles. The lowest BCUT2D eigenvalue weighted by Gasteiger charge is -2.39. The fraction of sp³-hybridized carbons (Fsp3) is 0.342. The molecule has 1 aliphatic rings. The number of ether oxygens (including phenoxy) is 2. The average Bonchev–Trinajstić information content (AvgIpc) is 3.10. The van der Waals surface area contributed by atoms with E-state index < -0.39 is 12.4 Å². The van der Waals surface area contributed by atoms with Crippen molar-refractivity contribution in [1.82, 2.24) is 15.5 Å². The maximum absolute atomic E-state index is 11.9. The van der Waals surface area contributed by atoms with Crippen LogP contribution in [0.4, 0.5) is 4.79 Å². The van der Waals surface area contributed by atoms with E-state index in [0.29, 0.717) is 26.1 Å². The average molecular weight is 624 g/mol. The van der Waals surface area contributed by atoms with Gasteiger partial charge < -0.3 is 30.3 Å². The summed E-state index contributed by atoms with van der Waals surface area (Å²) in [5, 5.41) is 26.3. The molecule has 242 valence electrons.